The molecule has 0 spiro atoms. The second-order valence-corrected chi connectivity index (χ2v) is 7.86. The summed E-state index contributed by atoms with van der Waals surface area (Å²) in [7, 11) is 3.50. The number of carbonyl (C=O) groups is 1. The monoisotopic (exact) mass is 369 g/mol. The minimum Gasteiger partial charge on any atom is -0.494 e. The number of fused-ring (bicyclic) bond motifs is 1. The van der Waals surface area contributed by atoms with Gasteiger partial charge in [-0.25, -0.2) is 15.0 Å². The lowest BCUT2D eigenvalue weighted by Crippen LogP contribution is -2.45. The molecular formula is C20H27N5O2. The number of likely N-dealkylation sites (N-methyl/N-ethyl adjacent to an activating group) is 1. The van der Waals surface area contributed by atoms with Crippen LogP contribution in [-0.2, 0) is 17.6 Å². The number of hydrogen-bond donors (Lipinski definition) is 1. The van der Waals surface area contributed by atoms with Gasteiger partial charge < -0.3 is 15.0 Å². The summed E-state index contributed by atoms with van der Waals surface area (Å²) in [6.07, 6.45) is 4.58. The molecule has 144 valence electrons. The maximum atomic E-state index is 12.4. The highest BCUT2D eigenvalue weighted by Gasteiger charge is 2.25. The van der Waals surface area contributed by atoms with Crippen LogP contribution >= 0.6 is 0 Å². The van der Waals surface area contributed by atoms with E-state index in [1.54, 1.807) is 13.3 Å². The van der Waals surface area contributed by atoms with Crippen molar-refractivity contribution in [3.05, 3.63) is 29.6 Å². The molecule has 0 unspecified atom stereocenters. The van der Waals surface area contributed by atoms with E-state index in [4.69, 9.17) is 14.7 Å². The molecule has 7 heteroatoms. The number of amides is 1. The highest BCUT2D eigenvalue weighted by atomic mass is 16.5. The molecule has 0 saturated carbocycles. The van der Waals surface area contributed by atoms with Crippen molar-refractivity contribution in [2.45, 2.75) is 45.6 Å². The molecule has 1 aliphatic carbocycles. The zero-order chi connectivity index (χ0) is 19.6. The molecule has 0 aromatic carbocycles. The zero-order valence-electron chi connectivity index (χ0n) is 16.7. The predicted molar refractivity (Wildman–Crippen MR) is 105 cm³/mol. The number of hydrogen-bond acceptors (Lipinski definition) is 6. The van der Waals surface area contributed by atoms with Crippen LogP contribution in [0.3, 0.4) is 0 Å². The van der Waals surface area contributed by atoms with E-state index >= 15 is 0 Å². The van der Waals surface area contributed by atoms with Gasteiger partial charge in [-0.2, -0.15) is 0 Å². The lowest BCUT2D eigenvalue weighted by Gasteiger charge is -2.25. The number of pyridine rings is 1. The second-order valence-electron chi connectivity index (χ2n) is 7.86. The van der Waals surface area contributed by atoms with Crippen LogP contribution in [0.4, 0.5) is 5.82 Å². The Morgan fingerprint density at radius 2 is 2.07 bits per heavy atom. The molecule has 1 aliphatic rings. The van der Waals surface area contributed by atoms with Crippen molar-refractivity contribution in [1.82, 2.24) is 20.3 Å². The van der Waals surface area contributed by atoms with Gasteiger partial charge in [0.05, 0.1) is 13.7 Å². The van der Waals surface area contributed by atoms with Crippen molar-refractivity contribution in [3.8, 4) is 17.3 Å². The Bertz CT molecular complexity index is 845. The van der Waals surface area contributed by atoms with Crippen molar-refractivity contribution in [3.63, 3.8) is 0 Å². The topological polar surface area (TPSA) is 80.2 Å². The van der Waals surface area contributed by atoms with E-state index < -0.39 is 0 Å². The Morgan fingerprint density at radius 1 is 1.30 bits per heavy atom. The molecule has 0 fully saturated rings. The van der Waals surface area contributed by atoms with Crippen molar-refractivity contribution in [1.29, 1.82) is 0 Å². The molecule has 1 amide bonds. The van der Waals surface area contributed by atoms with Crippen LogP contribution in [0.2, 0.25) is 0 Å². The van der Waals surface area contributed by atoms with E-state index in [0.717, 1.165) is 36.3 Å². The number of nitrogens with one attached hydrogen (secondary N) is 1. The van der Waals surface area contributed by atoms with Gasteiger partial charge >= 0.3 is 0 Å². The summed E-state index contributed by atoms with van der Waals surface area (Å²) in [6, 6.07) is 3.67. The van der Waals surface area contributed by atoms with Crippen LogP contribution in [0, 0.1) is 0 Å². The number of rotatable bonds is 5. The standard InChI is InChI=1S/C20H27N5O2/c1-20(2,3)24-16(26)12-25(4)19-13-8-6-9-14(13)22-18(23-19)17-15(27-5)10-7-11-21-17/h7,10-11H,6,8-9,12H2,1-5H3,(H,24,26). The van der Waals surface area contributed by atoms with Crippen molar-refractivity contribution < 1.29 is 9.53 Å². The van der Waals surface area contributed by atoms with Gasteiger partial charge in [0.1, 0.15) is 17.3 Å². The van der Waals surface area contributed by atoms with Crippen LogP contribution < -0.4 is 15.0 Å². The van der Waals surface area contributed by atoms with Crippen LogP contribution in [0.25, 0.3) is 11.5 Å². The molecule has 27 heavy (non-hydrogen) atoms. The SMILES string of the molecule is COc1cccnc1-c1nc2c(c(N(C)CC(=O)NC(C)(C)C)n1)CCC2. The summed E-state index contributed by atoms with van der Waals surface area (Å²) in [6.45, 7) is 6.15. The third kappa shape index (κ3) is 4.35. The van der Waals surface area contributed by atoms with E-state index in [1.807, 2.05) is 44.9 Å². The smallest absolute Gasteiger partial charge is 0.239 e. The molecule has 1 N–H and O–H groups in total. The number of anilines is 1. The van der Waals surface area contributed by atoms with Crippen molar-refractivity contribution in [2.24, 2.45) is 0 Å². The Balaban J connectivity index is 1.96. The minimum absolute atomic E-state index is 0.0349. The highest BCUT2D eigenvalue weighted by molar-refractivity contribution is 5.82. The highest BCUT2D eigenvalue weighted by Crippen LogP contribution is 2.32. The van der Waals surface area contributed by atoms with E-state index in [1.165, 1.54) is 0 Å². The van der Waals surface area contributed by atoms with E-state index in [0.29, 0.717) is 17.3 Å². The Morgan fingerprint density at radius 3 is 2.78 bits per heavy atom. The fourth-order valence-corrected chi connectivity index (χ4v) is 3.31. The lowest BCUT2D eigenvalue weighted by atomic mass is 10.1. The van der Waals surface area contributed by atoms with E-state index in [9.17, 15) is 4.79 Å². The Labute approximate surface area is 160 Å². The third-order valence-electron chi connectivity index (χ3n) is 4.37. The first kappa shape index (κ1) is 19.1. The molecule has 0 radical (unpaired) electrons. The van der Waals surface area contributed by atoms with Crippen LogP contribution in [0.5, 0.6) is 5.75 Å². The Hall–Kier alpha value is -2.70. The van der Waals surface area contributed by atoms with E-state index in [-0.39, 0.29) is 18.0 Å². The molecule has 0 atom stereocenters. The maximum absolute atomic E-state index is 12.4. The van der Waals surface area contributed by atoms with Gasteiger partial charge in [-0.05, 0) is 52.2 Å². The number of nitrogens with zero attached hydrogens (tertiary/aromatic N) is 4. The summed E-state index contributed by atoms with van der Waals surface area (Å²) >= 11 is 0. The van der Waals surface area contributed by atoms with Gasteiger partial charge in [-0.1, -0.05) is 0 Å². The summed E-state index contributed by atoms with van der Waals surface area (Å²) < 4.78 is 5.42. The Kier molecular flexibility index (Phi) is 5.30. The molecule has 2 aromatic rings. The van der Waals surface area contributed by atoms with Crippen LogP contribution in [0.15, 0.2) is 18.3 Å². The molecule has 0 aliphatic heterocycles. The number of aryl methyl sites for hydroxylation is 1. The molecule has 3 rings (SSSR count). The normalized spacial score (nSPS) is 13.2. The summed E-state index contributed by atoms with van der Waals surface area (Å²) in [5, 5.41) is 3.00. The number of aromatic nitrogens is 3. The lowest BCUT2D eigenvalue weighted by molar-refractivity contribution is -0.121. The second kappa shape index (κ2) is 7.50. The van der Waals surface area contributed by atoms with Crippen LogP contribution in [0.1, 0.15) is 38.4 Å². The van der Waals surface area contributed by atoms with Crippen molar-refractivity contribution in [2.75, 3.05) is 25.6 Å². The molecular weight excluding hydrogens is 342 g/mol. The number of methoxy groups -OCH3 is 1. The van der Waals surface area contributed by atoms with Crippen molar-refractivity contribution >= 4 is 11.7 Å². The summed E-state index contributed by atoms with van der Waals surface area (Å²) in [5.41, 5.74) is 2.51. The first-order chi connectivity index (χ1) is 12.8. The number of carbonyl (C=O) groups excluding carboxylic acids is 1. The maximum Gasteiger partial charge on any atom is 0.239 e. The average molecular weight is 369 g/mol. The molecule has 7 nitrogen and oxygen atoms in total. The minimum atomic E-state index is -0.266. The first-order valence-corrected chi connectivity index (χ1v) is 9.20. The van der Waals surface area contributed by atoms with Gasteiger partial charge in [0.2, 0.25) is 5.91 Å². The quantitative estimate of drug-likeness (QED) is 0.872. The fraction of sp³-hybridized carbons (Fsp3) is 0.500. The largest absolute Gasteiger partial charge is 0.494 e. The molecule has 2 aromatic heterocycles. The molecule has 0 bridgehead atoms. The summed E-state index contributed by atoms with van der Waals surface area (Å²) in [4.78, 5) is 28.2. The average Bonchev–Trinajstić information content (AvgIpc) is 3.07. The van der Waals surface area contributed by atoms with Gasteiger partial charge in [0.25, 0.3) is 0 Å². The van der Waals surface area contributed by atoms with Gasteiger partial charge in [0.15, 0.2) is 5.82 Å². The third-order valence-corrected chi connectivity index (χ3v) is 4.37. The fourth-order valence-electron chi connectivity index (χ4n) is 3.31. The summed E-state index contributed by atoms with van der Waals surface area (Å²) in [5.74, 6) is 1.93. The van der Waals surface area contributed by atoms with Gasteiger partial charge in [-0.3, -0.25) is 4.79 Å². The van der Waals surface area contributed by atoms with Gasteiger partial charge in [0, 0.05) is 30.0 Å². The number of ether oxygens (including phenoxy) is 1. The van der Waals surface area contributed by atoms with Crippen LogP contribution in [-0.4, -0.2) is 47.1 Å². The predicted octanol–water partition coefficient (Wildman–Crippen LogP) is 2.39. The zero-order valence-corrected chi connectivity index (χ0v) is 16.7. The first-order valence-electron chi connectivity index (χ1n) is 9.20. The van der Waals surface area contributed by atoms with E-state index in [2.05, 4.69) is 10.3 Å². The molecule has 2 heterocycles. The van der Waals surface area contributed by atoms with Gasteiger partial charge in [-0.15, -0.1) is 0 Å². The molecule has 0 saturated heterocycles.